The van der Waals surface area contributed by atoms with E-state index in [1.54, 1.807) is 36.0 Å². The van der Waals surface area contributed by atoms with Gasteiger partial charge in [-0.05, 0) is 62.1 Å². The zero-order chi connectivity index (χ0) is 42.7. The van der Waals surface area contributed by atoms with E-state index >= 15 is 0 Å². The highest BCUT2D eigenvalue weighted by molar-refractivity contribution is 5.95. The summed E-state index contributed by atoms with van der Waals surface area (Å²) in [5.41, 5.74) is 5.34. The smallest absolute Gasteiger partial charge is 0.289 e. The van der Waals surface area contributed by atoms with Gasteiger partial charge in [-0.1, -0.05) is 36.4 Å². The third kappa shape index (κ3) is 8.67. The zero-order valence-corrected chi connectivity index (χ0v) is 34.9. The highest BCUT2D eigenvalue weighted by Crippen LogP contribution is 2.35. The molecule has 62 heavy (non-hydrogen) atoms. The number of nitrogens with zero attached hydrogens (tertiary/aromatic N) is 8. The molecule has 2 aromatic carbocycles. The molecule has 0 unspecified atom stereocenters. The summed E-state index contributed by atoms with van der Waals surface area (Å²) in [6, 6.07) is 23.1. The zero-order valence-electron chi connectivity index (χ0n) is 34.9. The highest BCUT2D eigenvalue weighted by atomic mass is 16.5. The van der Waals surface area contributed by atoms with Crippen LogP contribution in [0.3, 0.4) is 0 Å². The normalized spacial score (nSPS) is 19.3. The van der Waals surface area contributed by atoms with Crippen molar-refractivity contribution in [1.82, 2.24) is 49.5 Å². The van der Waals surface area contributed by atoms with Gasteiger partial charge < -0.3 is 39.0 Å². The van der Waals surface area contributed by atoms with Gasteiger partial charge >= 0.3 is 0 Å². The number of H-pyrrole nitrogens is 2. The van der Waals surface area contributed by atoms with E-state index in [1.165, 1.54) is 0 Å². The van der Waals surface area contributed by atoms with E-state index in [2.05, 4.69) is 29.9 Å². The molecule has 4 aliphatic heterocycles. The average Bonchev–Trinajstić information content (AvgIpc) is 3.91. The quantitative estimate of drug-likeness (QED) is 0.207. The van der Waals surface area contributed by atoms with Gasteiger partial charge in [-0.3, -0.25) is 19.2 Å². The number of hydrogen-bond acceptors (Lipinski definition) is 10. The van der Waals surface area contributed by atoms with Crippen molar-refractivity contribution < 1.29 is 28.7 Å². The fourth-order valence-electron chi connectivity index (χ4n) is 8.74. The molecule has 0 radical (unpaired) electrons. The minimum atomic E-state index is -0.123. The Labute approximate surface area is 358 Å². The van der Waals surface area contributed by atoms with Crippen LogP contribution in [0, 0.1) is 0 Å². The summed E-state index contributed by atoms with van der Waals surface area (Å²) in [4.78, 5) is 80.2. The van der Waals surface area contributed by atoms with Crippen LogP contribution >= 0.6 is 0 Å². The molecular weight excluding hydrogens is 789 g/mol. The third-order valence-corrected chi connectivity index (χ3v) is 12.2. The molecule has 0 saturated carbocycles. The number of likely N-dealkylation sites (tertiary alicyclic amines) is 4. The van der Waals surface area contributed by atoms with Crippen LogP contribution in [0.25, 0.3) is 22.1 Å². The van der Waals surface area contributed by atoms with Crippen molar-refractivity contribution in [2.45, 2.75) is 63.6 Å². The average molecular weight is 839 g/mol. The Morgan fingerprint density at radius 1 is 0.548 bits per heavy atom. The Kier molecular flexibility index (Phi) is 11.5. The standard InChI is InChI=1S/2C23H25N5O3/c2*1-15(29)27-11-5-6-16(12-27)18-7-4-10-24-22(18)31-17-13-28(14-17)23(30)21-25-19-8-2-3-9-20(19)26-21/h2*2-4,7-10,16-17H,5-6,11-14H2,1H3,(H,25,26)/t2*16-/m10/s1. The van der Waals surface area contributed by atoms with Crippen LogP contribution in [0.2, 0.25) is 0 Å². The van der Waals surface area contributed by atoms with Gasteiger partial charge in [0.2, 0.25) is 23.6 Å². The SMILES string of the molecule is CC(=O)N1CCC[C@@H](c2cccnc2OC2CN(C(=O)c3nc4ccccc4[nH]3)C2)C1.CC(=O)N1CCC[C@H](c2cccnc2OC2CN(C(=O)c3nc4ccccc4[nH]3)C2)C1. The summed E-state index contributed by atoms with van der Waals surface area (Å²) in [6.07, 6.45) is 7.20. The van der Waals surface area contributed by atoms with Crippen molar-refractivity contribution in [3.8, 4) is 11.8 Å². The first-order valence-corrected chi connectivity index (χ1v) is 21.4. The Bertz CT molecular complexity index is 2350. The number of aromatic amines is 2. The number of imidazole rings is 2. The number of carbonyl (C=O) groups is 4. The number of amides is 4. The number of rotatable bonds is 8. The van der Waals surface area contributed by atoms with E-state index in [1.807, 2.05) is 82.6 Å². The van der Waals surface area contributed by atoms with Crippen LogP contribution in [-0.4, -0.2) is 138 Å². The first-order chi connectivity index (χ1) is 30.2. The minimum absolute atomic E-state index is 0.102. The minimum Gasteiger partial charge on any atom is -0.470 e. The van der Waals surface area contributed by atoms with Gasteiger partial charge in [0.15, 0.2) is 11.6 Å². The molecule has 4 aromatic heterocycles. The van der Waals surface area contributed by atoms with Crippen LogP contribution in [0.5, 0.6) is 11.8 Å². The highest BCUT2D eigenvalue weighted by Gasteiger charge is 2.37. The molecule has 4 saturated heterocycles. The van der Waals surface area contributed by atoms with Crippen molar-refractivity contribution in [2.75, 3.05) is 52.4 Å². The maximum Gasteiger partial charge on any atom is 0.289 e. The molecule has 4 fully saturated rings. The third-order valence-electron chi connectivity index (χ3n) is 12.2. The Balaban J connectivity index is 0.000000158. The van der Waals surface area contributed by atoms with Crippen molar-refractivity contribution >= 4 is 45.7 Å². The van der Waals surface area contributed by atoms with Crippen LogP contribution < -0.4 is 9.47 Å². The second kappa shape index (κ2) is 17.6. The molecule has 10 rings (SSSR count). The predicted octanol–water partition coefficient (Wildman–Crippen LogP) is 5.17. The molecular formula is C46H50N10O6. The molecule has 2 atom stereocenters. The van der Waals surface area contributed by atoms with Crippen molar-refractivity contribution in [2.24, 2.45) is 0 Å². The lowest BCUT2D eigenvalue weighted by atomic mass is 9.91. The molecule has 0 spiro atoms. The number of hydrogen-bond donors (Lipinski definition) is 2. The lowest BCUT2D eigenvalue weighted by Gasteiger charge is -2.39. The van der Waals surface area contributed by atoms with Crippen molar-refractivity contribution in [1.29, 1.82) is 0 Å². The van der Waals surface area contributed by atoms with E-state index < -0.39 is 0 Å². The summed E-state index contributed by atoms with van der Waals surface area (Å²) in [6.45, 7) is 8.22. The fraction of sp³-hybridized carbons (Fsp3) is 0.391. The van der Waals surface area contributed by atoms with Gasteiger partial charge in [0, 0.05) is 75.4 Å². The molecule has 4 amide bonds. The molecule has 4 aliphatic rings. The maximum absolute atomic E-state index is 12.7. The van der Waals surface area contributed by atoms with E-state index in [0.29, 0.717) is 62.7 Å². The van der Waals surface area contributed by atoms with Gasteiger partial charge in [-0.2, -0.15) is 0 Å². The van der Waals surface area contributed by atoms with Crippen molar-refractivity contribution in [3.63, 3.8) is 0 Å². The second-order valence-electron chi connectivity index (χ2n) is 16.5. The summed E-state index contributed by atoms with van der Waals surface area (Å²) in [5, 5.41) is 0. The summed E-state index contributed by atoms with van der Waals surface area (Å²) >= 11 is 0. The maximum atomic E-state index is 12.7. The molecule has 0 bridgehead atoms. The van der Waals surface area contributed by atoms with Crippen LogP contribution in [0.4, 0.5) is 0 Å². The Morgan fingerprint density at radius 3 is 1.37 bits per heavy atom. The van der Waals surface area contributed by atoms with E-state index in [0.717, 1.165) is 72.0 Å². The van der Waals surface area contributed by atoms with Crippen molar-refractivity contribution in [3.05, 3.63) is 108 Å². The van der Waals surface area contributed by atoms with E-state index in [9.17, 15) is 19.2 Å². The van der Waals surface area contributed by atoms with Crippen LogP contribution in [0.1, 0.15) is 83.7 Å². The predicted molar refractivity (Wildman–Crippen MR) is 230 cm³/mol. The van der Waals surface area contributed by atoms with Gasteiger partial charge in [-0.15, -0.1) is 0 Å². The number of carbonyl (C=O) groups excluding carboxylic acids is 4. The van der Waals surface area contributed by atoms with Crippen LogP contribution in [0.15, 0.2) is 85.2 Å². The van der Waals surface area contributed by atoms with Gasteiger partial charge in [0.05, 0.1) is 48.2 Å². The number of ether oxygens (including phenoxy) is 2. The molecule has 2 N–H and O–H groups in total. The lowest BCUT2D eigenvalue weighted by molar-refractivity contribution is -0.130. The molecule has 16 nitrogen and oxygen atoms in total. The van der Waals surface area contributed by atoms with Gasteiger partial charge in [0.1, 0.15) is 12.2 Å². The Hall–Kier alpha value is -6.84. The second-order valence-corrected chi connectivity index (χ2v) is 16.5. The number of pyridine rings is 2. The molecule has 320 valence electrons. The number of piperidine rings is 2. The molecule has 0 aliphatic carbocycles. The molecule has 8 heterocycles. The van der Waals surface area contributed by atoms with Crippen LogP contribution in [-0.2, 0) is 9.59 Å². The van der Waals surface area contributed by atoms with E-state index in [-0.39, 0.29) is 47.7 Å². The number of aromatic nitrogens is 6. The first-order valence-electron chi connectivity index (χ1n) is 21.4. The first kappa shape index (κ1) is 40.6. The summed E-state index contributed by atoms with van der Waals surface area (Å²) in [7, 11) is 0. The summed E-state index contributed by atoms with van der Waals surface area (Å²) < 4.78 is 12.3. The summed E-state index contributed by atoms with van der Waals surface area (Å²) in [5.74, 6) is 2.32. The number of benzene rings is 2. The topological polar surface area (TPSA) is 183 Å². The van der Waals surface area contributed by atoms with Gasteiger partial charge in [-0.25, -0.2) is 19.9 Å². The molecule has 6 aromatic rings. The Morgan fingerprint density at radius 2 is 0.968 bits per heavy atom. The fourth-order valence-corrected chi connectivity index (χ4v) is 8.74. The monoisotopic (exact) mass is 838 g/mol. The number of nitrogens with one attached hydrogen (secondary N) is 2. The largest absolute Gasteiger partial charge is 0.470 e. The number of para-hydroxylation sites is 4. The molecule has 16 heteroatoms. The van der Waals surface area contributed by atoms with E-state index in [4.69, 9.17) is 9.47 Å². The lowest BCUT2D eigenvalue weighted by Crippen LogP contribution is -2.56. The van der Waals surface area contributed by atoms with Gasteiger partial charge in [0.25, 0.3) is 11.8 Å². The number of fused-ring (bicyclic) bond motifs is 2.